The number of fused-ring (bicyclic) bond motifs is 5. The normalized spacial score (nSPS) is 49.2. The van der Waals surface area contributed by atoms with E-state index in [9.17, 15) is 45.0 Å². The highest BCUT2D eigenvalue weighted by molar-refractivity contribution is 5.89. The summed E-state index contributed by atoms with van der Waals surface area (Å²) in [4.78, 5) is 40.7. The van der Waals surface area contributed by atoms with E-state index in [0.29, 0.717) is 50.5 Å². The van der Waals surface area contributed by atoms with Crippen LogP contribution >= 0.6 is 0 Å². The minimum absolute atomic E-state index is 0.0851. The zero-order chi connectivity index (χ0) is 62.6. The van der Waals surface area contributed by atoms with Crippen molar-refractivity contribution in [2.45, 2.75) is 279 Å². The number of methoxy groups -OCH3 is 3. The fourth-order valence-corrected chi connectivity index (χ4v) is 17.2. The van der Waals surface area contributed by atoms with Gasteiger partial charge >= 0.3 is 11.9 Å². The smallest absolute Gasteiger partial charge is 0.338 e. The van der Waals surface area contributed by atoms with E-state index >= 15 is 0 Å². The summed E-state index contributed by atoms with van der Waals surface area (Å²) in [6.07, 6.45) is -15.2. The molecule has 5 aliphatic heterocycles. The first-order valence-corrected chi connectivity index (χ1v) is 31.5. The summed E-state index contributed by atoms with van der Waals surface area (Å²) in [5, 5.41) is 65.7. The van der Waals surface area contributed by atoms with E-state index in [1.54, 1.807) is 58.4 Å². The lowest BCUT2D eigenvalue weighted by Crippen LogP contribution is -2.73. The molecule has 5 saturated heterocycles. The third kappa shape index (κ3) is 13.0. The fourth-order valence-electron chi connectivity index (χ4n) is 17.2. The summed E-state index contributed by atoms with van der Waals surface area (Å²) >= 11 is 0. The van der Waals surface area contributed by atoms with Gasteiger partial charge < -0.3 is 102 Å². The van der Waals surface area contributed by atoms with Crippen molar-refractivity contribution in [2.24, 2.45) is 34.5 Å². The van der Waals surface area contributed by atoms with Crippen molar-refractivity contribution in [3.8, 4) is 0 Å². The topological polar surface area (TPSA) is 311 Å². The van der Waals surface area contributed by atoms with Crippen LogP contribution < -0.4 is 0 Å². The molecule has 9 aliphatic rings. The van der Waals surface area contributed by atoms with Gasteiger partial charge in [0.25, 0.3) is 0 Å². The number of hydrogen-bond acceptors (Lipinski definition) is 24. The molecule has 4 saturated carbocycles. The number of carbonyl (C=O) groups is 3. The van der Waals surface area contributed by atoms with Gasteiger partial charge in [0.1, 0.15) is 66.8 Å². The largest absolute Gasteiger partial charge is 0.458 e. The molecular weight excluding hydrogens is 1140 g/mol. The van der Waals surface area contributed by atoms with E-state index in [0.717, 1.165) is 6.42 Å². The Kier molecular flexibility index (Phi) is 21.0. The summed E-state index contributed by atoms with van der Waals surface area (Å²) in [5.41, 5.74) is -2.73. The minimum Gasteiger partial charge on any atom is -0.458 e. The Labute approximate surface area is 509 Å². The van der Waals surface area contributed by atoms with E-state index in [4.69, 9.17) is 71.1 Å². The summed E-state index contributed by atoms with van der Waals surface area (Å²) < 4.78 is 94.3. The molecule has 9 fully saturated rings. The molecular formula is C63H96O24. The molecule has 0 bridgehead atoms. The van der Waals surface area contributed by atoms with Gasteiger partial charge in [-0.15, -0.1) is 0 Å². The maximum absolute atomic E-state index is 14.0. The summed E-state index contributed by atoms with van der Waals surface area (Å²) in [7, 11) is 4.68. The van der Waals surface area contributed by atoms with Crippen molar-refractivity contribution < 1.29 is 116 Å². The van der Waals surface area contributed by atoms with Crippen molar-refractivity contribution in [2.75, 3.05) is 27.9 Å². The highest BCUT2D eigenvalue weighted by Gasteiger charge is 2.76. The van der Waals surface area contributed by atoms with Crippen molar-refractivity contribution in [3.63, 3.8) is 0 Å². The number of benzene rings is 1. The van der Waals surface area contributed by atoms with Gasteiger partial charge in [-0.3, -0.25) is 9.59 Å². The maximum atomic E-state index is 14.0. The van der Waals surface area contributed by atoms with Gasteiger partial charge in [0.05, 0.1) is 72.7 Å². The van der Waals surface area contributed by atoms with Crippen LogP contribution in [-0.4, -0.2) is 229 Å². The van der Waals surface area contributed by atoms with Crippen molar-refractivity contribution in [1.29, 1.82) is 0 Å². The van der Waals surface area contributed by atoms with Crippen LogP contribution in [0.5, 0.6) is 0 Å². The maximum Gasteiger partial charge on any atom is 0.338 e. The van der Waals surface area contributed by atoms with E-state index in [2.05, 4.69) is 6.92 Å². The van der Waals surface area contributed by atoms with E-state index in [-0.39, 0.29) is 48.9 Å². The Hall–Kier alpha value is -2.93. The SMILES string of the molecule is CO[C@H]1C[C@H](O[C@H]2CC[C@@]3(C)[C@@H](CC[C@@H]4[C@@H]3[C@H](OC(C)=O)[C@@H](OC(=O)c3ccccc3)[C@]3(C)[C@@H](C(C)=O)CC[C@]43O)C2)O[C@H](C)[C@H]1O[C@H]1C[C@H](O)[C@H](O[C@H]2C[C@@H](OC)[C@H](O[C@H]3C[C@@H](OC)[C@@H](O[C@@H]4O[C@H](CO)[C@@H](O)[C@H](O)[C@H]4O)[C@H](C)O3)[C@@H](C)O2)[C@@H](C)O1. The first kappa shape index (κ1) is 67.0. The molecule has 4 aliphatic carbocycles. The summed E-state index contributed by atoms with van der Waals surface area (Å²) in [6.45, 7) is 13.6. The van der Waals surface area contributed by atoms with Crippen LogP contribution in [0.4, 0.5) is 0 Å². The number of rotatable bonds is 18. The second-order valence-corrected chi connectivity index (χ2v) is 26.6. The Morgan fingerprint density at radius 1 is 0.586 bits per heavy atom. The van der Waals surface area contributed by atoms with Gasteiger partial charge in [-0.2, -0.15) is 0 Å². The average Bonchev–Trinajstić information content (AvgIpc) is 1.66. The van der Waals surface area contributed by atoms with Crippen molar-refractivity contribution in [1.82, 2.24) is 0 Å². The van der Waals surface area contributed by atoms with Gasteiger partial charge in [0, 0.05) is 71.2 Å². The zero-order valence-corrected chi connectivity index (χ0v) is 52.1. The molecule has 6 N–H and O–H groups in total. The molecule has 0 unspecified atom stereocenters. The third-order valence-electron chi connectivity index (χ3n) is 21.7. The molecule has 24 heteroatoms. The molecule has 31 atom stereocenters. The number of hydrogen-bond donors (Lipinski definition) is 6. The highest BCUT2D eigenvalue weighted by atomic mass is 16.8. The van der Waals surface area contributed by atoms with E-state index in [1.807, 2.05) is 20.8 Å². The third-order valence-corrected chi connectivity index (χ3v) is 21.7. The predicted molar refractivity (Wildman–Crippen MR) is 302 cm³/mol. The van der Waals surface area contributed by atoms with E-state index < -0.39 is 182 Å². The molecule has 0 radical (unpaired) electrons. The monoisotopic (exact) mass is 1240 g/mol. The lowest BCUT2D eigenvalue weighted by Gasteiger charge is -2.66. The van der Waals surface area contributed by atoms with Crippen molar-refractivity contribution >= 4 is 17.7 Å². The lowest BCUT2D eigenvalue weighted by atomic mass is 9.41. The Balaban J connectivity index is 0.721. The molecule has 0 amide bonds. The second kappa shape index (κ2) is 27.3. The van der Waals surface area contributed by atoms with Gasteiger partial charge in [-0.25, -0.2) is 4.79 Å². The Bertz CT molecular complexity index is 2460. The number of carbonyl (C=O) groups excluding carboxylic acids is 3. The molecule has 492 valence electrons. The van der Waals surface area contributed by atoms with Crippen LogP contribution in [0.25, 0.3) is 0 Å². The second-order valence-electron chi connectivity index (χ2n) is 26.6. The van der Waals surface area contributed by atoms with Crippen molar-refractivity contribution in [3.05, 3.63) is 35.9 Å². The molecule has 87 heavy (non-hydrogen) atoms. The number of Topliss-reactive ketones (excluding diaryl/α,β-unsaturated/α-hetero) is 1. The number of esters is 2. The molecule has 1 aromatic carbocycles. The van der Waals surface area contributed by atoms with Gasteiger partial charge in [-0.1, -0.05) is 32.0 Å². The number of aliphatic hydroxyl groups excluding tert-OH is 5. The first-order valence-electron chi connectivity index (χ1n) is 31.5. The molecule has 0 spiro atoms. The number of ether oxygens (including phenoxy) is 15. The molecule has 10 rings (SSSR count). The highest BCUT2D eigenvalue weighted by Crippen LogP contribution is 2.70. The zero-order valence-electron chi connectivity index (χ0n) is 52.1. The number of aliphatic hydroxyl groups is 6. The van der Waals surface area contributed by atoms with Crippen LogP contribution in [0.3, 0.4) is 0 Å². The van der Waals surface area contributed by atoms with Crippen LogP contribution in [0.15, 0.2) is 30.3 Å². The summed E-state index contributed by atoms with van der Waals surface area (Å²) in [6, 6.07) is 8.61. The Morgan fingerprint density at radius 2 is 1.11 bits per heavy atom. The number of ketones is 1. The van der Waals surface area contributed by atoms with E-state index in [1.165, 1.54) is 21.0 Å². The first-order chi connectivity index (χ1) is 41.4. The summed E-state index contributed by atoms with van der Waals surface area (Å²) in [5.74, 6) is -2.47. The Morgan fingerprint density at radius 3 is 1.64 bits per heavy atom. The molecule has 1 aromatic rings. The predicted octanol–water partition coefficient (Wildman–Crippen LogP) is 3.40. The minimum atomic E-state index is -1.61. The van der Waals surface area contributed by atoms with Crippen LogP contribution in [0.1, 0.15) is 136 Å². The quantitative estimate of drug-likeness (QED) is 0.0906. The molecule has 24 nitrogen and oxygen atoms in total. The van der Waals surface area contributed by atoms with Gasteiger partial charge in [0.15, 0.2) is 31.5 Å². The van der Waals surface area contributed by atoms with Crippen LogP contribution in [0.2, 0.25) is 0 Å². The van der Waals surface area contributed by atoms with Crippen LogP contribution in [0, 0.1) is 34.5 Å². The molecule has 5 heterocycles. The van der Waals surface area contributed by atoms with Gasteiger partial charge in [0.2, 0.25) is 0 Å². The lowest BCUT2D eigenvalue weighted by molar-refractivity contribution is -0.358. The van der Waals surface area contributed by atoms with Crippen LogP contribution in [-0.2, 0) is 80.6 Å². The fraction of sp³-hybridized carbons (Fsp3) is 0.857. The average molecular weight is 1240 g/mol. The molecule has 0 aromatic heterocycles. The van der Waals surface area contributed by atoms with Gasteiger partial charge in [-0.05, 0) is 109 Å². The standard InChI is InChI=1S/C63H96O24/c1-29(65)38-20-22-63(72)39-18-17-36-23-37(19-21-61(36,7)49(39)57(80-34(6)66)58(62(38,63)8)87-59(71)35-15-13-12-14-16-35)81-46-25-41(73-9)54(31(3)77-46)84-45-24-40(67)53(30(2)76-45)83-47-26-42(74-10)55(32(4)78-47)85-48-27-43(75-11)56(33(5)79-48)86-60-52(70)51(69)50(68)44(28-64)82-60/h12-16,30-33,36-58,60,64,67-70,72H,17-28H2,1-11H3/t30-,31-,32-,33+,36+,37+,38-,39-,40+,41+,42-,43-,44-,45+,46+,47+,48+,49-,50-,51+,52-,53-,54-,55-,56+,57+,58-,60+,61+,62+,63+/m1/s1.